The molecule has 3 N–H and O–H groups in total. The standard InChI is InChI=1S/C11H25N3O/c1-8(2)10(12)11(15)13-9(3)6-7-14(4)5/h8-10H,6-7,12H2,1-5H3,(H,13,15)/t9?,10-/m1/s1. The molecule has 0 bridgehead atoms. The summed E-state index contributed by atoms with van der Waals surface area (Å²) in [7, 11) is 4.04. The smallest absolute Gasteiger partial charge is 0.237 e. The highest BCUT2D eigenvalue weighted by Gasteiger charge is 2.18. The minimum Gasteiger partial charge on any atom is -0.352 e. The zero-order chi connectivity index (χ0) is 12.0. The van der Waals surface area contributed by atoms with Crippen molar-refractivity contribution in [3.05, 3.63) is 0 Å². The number of rotatable bonds is 6. The molecule has 90 valence electrons. The Bertz CT molecular complexity index is 192. The molecule has 0 saturated heterocycles. The van der Waals surface area contributed by atoms with E-state index in [1.165, 1.54) is 0 Å². The van der Waals surface area contributed by atoms with Crippen LogP contribution < -0.4 is 11.1 Å². The Balaban J connectivity index is 3.85. The number of nitrogens with two attached hydrogens (primary N) is 1. The van der Waals surface area contributed by atoms with E-state index in [-0.39, 0.29) is 17.9 Å². The molecular weight excluding hydrogens is 190 g/mol. The molecule has 0 saturated carbocycles. The van der Waals surface area contributed by atoms with Crippen LogP contribution in [0.25, 0.3) is 0 Å². The molecule has 0 aromatic heterocycles. The van der Waals surface area contributed by atoms with E-state index in [1.807, 2.05) is 34.9 Å². The van der Waals surface area contributed by atoms with Gasteiger partial charge in [-0.2, -0.15) is 0 Å². The predicted octanol–water partition coefficient (Wildman–Crippen LogP) is 0.426. The molecule has 0 aromatic rings. The van der Waals surface area contributed by atoms with E-state index in [1.54, 1.807) is 0 Å². The third-order valence-electron chi connectivity index (χ3n) is 2.42. The molecule has 0 fully saturated rings. The Hall–Kier alpha value is -0.610. The summed E-state index contributed by atoms with van der Waals surface area (Å²) in [5, 5.41) is 2.93. The molecule has 0 spiro atoms. The topological polar surface area (TPSA) is 58.4 Å². The van der Waals surface area contributed by atoms with Crippen LogP contribution in [0.15, 0.2) is 0 Å². The average molecular weight is 215 g/mol. The Morgan fingerprint density at radius 1 is 1.33 bits per heavy atom. The van der Waals surface area contributed by atoms with Crippen molar-refractivity contribution in [2.75, 3.05) is 20.6 Å². The van der Waals surface area contributed by atoms with Crippen molar-refractivity contribution in [3.63, 3.8) is 0 Å². The monoisotopic (exact) mass is 215 g/mol. The van der Waals surface area contributed by atoms with Gasteiger partial charge < -0.3 is 16.0 Å². The number of carbonyl (C=O) groups excluding carboxylic acids is 1. The fraction of sp³-hybridized carbons (Fsp3) is 0.909. The van der Waals surface area contributed by atoms with E-state index in [0.717, 1.165) is 13.0 Å². The predicted molar refractivity (Wildman–Crippen MR) is 63.6 cm³/mol. The molecule has 1 unspecified atom stereocenters. The van der Waals surface area contributed by atoms with Crippen molar-refractivity contribution in [3.8, 4) is 0 Å². The van der Waals surface area contributed by atoms with Gasteiger partial charge in [0.05, 0.1) is 6.04 Å². The van der Waals surface area contributed by atoms with Crippen molar-refractivity contribution in [2.45, 2.75) is 39.3 Å². The van der Waals surface area contributed by atoms with Gasteiger partial charge >= 0.3 is 0 Å². The summed E-state index contributed by atoms with van der Waals surface area (Å²) >= 11 is 0. The van der Waals surface area contributed by atoms with Crippen molar-refractivity contribution in [2.24, 2.45) is 11.7 Å². The van der Waals surface area contributed by atoms with Gasteiger partial charge in [-0.25, -0.2) is 0 Å². The van der Waals surface area contributed by atoms with Gasteiger partial charge in [-0.1, -0.05) is 13.8 Å². The number of hydrogen-bond donors (Lipinski definition) is 2. The van der Waals surface area contributed by atoms with Crippen LogP contribution >= 0.6 is 0 Å². The molecule has 4 heteroatoms. The van der Waals surface area contributed by atoms with Gasteiger partial charge in [-0.05, 0) is 39.9 Å². The van der Waals surface area contributed by atoms with Crippen LogP contribution in [0.4, 0.5) is 0 Å². The second kappa shape index (κ2) is 6.80. The molecule has 4 nitrogen and oxygen atoms in total. The third kappa shape index (κ3) is 6.47. The van der Waals surface area contributed by atoms with Gasteiger partial charge in [0.25, 0.3) is 0 Å². The largest absolute Gasteiger partial charge is 0.352 e. The summed E-state index contributed by atoms with van der Waals surface area (Å²) in [6.45, 7) is 6.89. The normalized spacial score (nSPS) is 15.5. The van der Waals surface area contributed by atoms with E-state index < -0.39 is 6.04 Å². The van der Waals surface area contributed by atoms with E-state index in [9.17, 15) is 4.79 Å². The van der Waals surface area contributed by atoms with Gasteiger partial charge in [-0.15, -0.1) is 0 Å². The van der Waals surface area contributed by atoms with Crippen LogP contribution in [0.1, 0.15) is 27.2 Å². The fourth-order valence-electron chi connectivity index (χ4n) is 1.17. The Labute approximate surface area is 93.2 Å². The highest BCUT2D eigenvalue weighted by Crippen LogP contribution is 2.00. The SMILES string of the molecule is CC(CCN(C)C)NC(=O)[C@H](N)C(C)C. The summed E-state index contributed by atoms with van der Waals surface area (Å²) in [5.74, 6) is 0.141. The molecule has 0 aliphatic carbocycles. The first kappa shape index (κ1) is 14.4. The minimum atomic E-state index is -0.396. The third-order valence-corrected chi connectivity index (χ3v) is 2.42. The second-order valence-corrected chi connectivity index (χ2v) is 4.77. The quantitative estimate of drug-likeness (QED) is 0.675. The number of amides is 1. The Kier molecular flexibility index (Phi) is 6.52. The van der Waals surface area contributed by atoms with E-state index in [4.69, 9.17) is 5.73 Å². The lowest BCUT2D eigenvalue weighted by molar-refractivity contribution is -0.123. The van der Waals surface area contributed by atoms with Crippen LogP contribution in [0.2, 0.25) is 0 Å². The zero-order valence-electron chi connectivity index (χ0n) is 10.6. The van der Waals surface area contributed by atoms with Gasteiger partial charge in [0.2, 0.25) is 5.91 Å². The lowest BCUT2D eigenvalue weighted by Crippen LogP contribution is -2.47. The lowest BCUT2D eigenvalue weighted by Gasteiger charge is -2.20. The first-order valence-electron chi connectivity index (χ1n) is 5.55. The number of carbonyl (C=O) groups is 1. The molecule has 1 amide bonds. The summed E-state index contributed by atoms with van der Waals surface area (Å²) < 4.78 is 0. The molecule has 0 heterocycles. The highest BCUT2D eigenvalue weighted by atomic mass is 16.2. The lowest BCUT2D eigenvalue weighted by atomic mass is 10.0. The molecule has 2 atom stereocenters. The minimum absolute atomic E-state index is 0.0451. The van der Waals surface area contributed by atoms with E-state index >= 15 is 0 Å². The van der Waals surface area contributed by atoms with Crippen LogP contribution in [0, 0.1) is 5.92 Å². The maximum Gasteiger partial charge on any atom is 0.237 e. The zero-order valence-corrected chi connectivity index (χ0v) is 10.6. The molecular formula is C11H25N3O. The van der Waals surface area contributed by atoms with Crippen LogP contribution in [-0.2, 0) is 4.79 Å². The van der Waals surface area contributed by atoms with Crippen LogP contribution in [-0.4, -0.2) is 43.5 Å². The second-order valence-electron chi connectivity index (χ2n) is 4.77. The summed E-state index contributed by atoms with van der Waals surface area (Å²) in [6, 6.07) is -0.212. The number of nitrogens with one attached hydrogen (secondary N) is 1. The van der Waals surface area contributed by atoms with Crippen LogP contribution in [0.3, 0.4) is 0 Å². The van der Waals surface area contributed by atoms with E-state index in [0.29, 0.717) is 0 Å². The average Bonchev–Trinajstić information content (AvgIpc) is 2.13. The first-order chi connectivity index (χ1) is 6.84. The molecule has 0 aliphatic heterocycles. The summed E-state index contributed by atoms with van der Waals surface area (Å²) in [6.07, 6.45) is 0.948. The van der Waals surface area contributed by atoms with Crippen molar-refractivity contribution < 1.29 is 4.79 Å². The van der Waals surface area contributed by atoms with Crippen molar-refractivity contribution in [1.82, 2.24) is 10.2 Å². The Morgan fingerprint density at radius 2 is 1.87 bits per heavy atom. The molecule has 15 heavy (non-hydrogen) atoms. The van der Waals surface area contributed by atoms with Gasteiger partial charge in [0, 0.05) is 6.04 Å². The maximum absolute atomic E-state index is 11.6. The molecule has 0 aromatic carbocycles. The van der Waals surface area contributed by atoms with Gasteiger partial charge in [0.15, 0.2) is 0 Å². The van der Waals surface area contributed by atoms with Crippen molar-refractivity contribution >= 4 is 5.91 Å². The van der Waals surface area contributed by atoms with E-state index in [2.05, 4.69) is 10.2 Å². The summed E-state index contributed by atoms with van der Waals surface area (Å²) in [4.78, 5) is 13.7. The first-order valence-corrected chi connectivity index (χ1v) is 5.55. The van der Waals surface area contributed by atoms with Crippen LogP contribution in [0.5, 0.6) is 0 Å². The molecule has 0 aliphatic rings. The number of hydrogen-bond acceptors (Lipinski definition) is 3. The van der Waals surface area contributed by atoms with Crippen molar-refractivity contribution in [1.29, 1.82) is 0 Å². The van der Waals surface area contributed by atoms with Gasteiger partial charge in [0.1, 0.15) is 0 Å². The fourth-order valence-corrected chi connectivity index (χ4v) is 1.17. The summed E-state index contributed by atoms with van der Waals surface area (Å²) in [5.41, 5.74) is 5.74. The molecule has 0 radical (unpaired) electrons. The maximum atomic E-state index is 11.6. The molecule has 0 rings (SSSR count). The van der Waals surface area contributed by atoms with Gasteiger partial charge in [-0.3, -0.25) is 4.79 Å². The Morgan fingerprint density at radius 3 is 2.27 bits per heavy atom. The number of nitrogens with zero attached hydrogens (tertiary/aromatic N) is 1. The highest BCUT2D eigenvalue weighted by molar-refractivity contribution is 5.81.